The summed E-state index contributed by atoms with van der Waals surface area (Å²) in [7, 11) is 0. The van der Waals surface area contributed by atoms with E-state index in [1.165, 1.54) is 40.0 Å². The maximum atomic E-state index is 13.5. The van der Waals surface area contributed by atoms with Crippen molar-refractivity contribution in [3.8, 4) is 0 Å². The predicted molar refractivity (Wildman–Crippen MR) is 162 cm³/mol. The van der Waals surface area contributed by atoms with Gasteiger partial charge in [-0.2, -0.15) is 0 Å². The maximum Gasteiger partial charge on any atom is 0.306 e. The SMILES string of the molecule is C=C1[C@@H](OC(=O)CCC2CCCCC2)CC[C@@]2(C)[C@@H](OC(C)=O)[C@H](OC(C)=O)C3=C(C)C(=O)C[C@@H]([C@@H](OC(C)=O)[C@H]12)C3(C)C. The minimum absolute atomic E-state index is 0.108. The summed E-state index contributed by atoms with van der Waals surface area (Å²) in [5.41, 5.74) is -0.180. The van der Waals surface area contributed by atoms with Crippen LogP contribution in [-0.2, 0) is 42.9 Å². The first-order valence-electron chi connectivity index (χ1n) is 16.2. The van der Waals surface area contributed by atoms with Crippen molar-refractivity contribution in [2.45, 2.75) is 137 Å². The molecule has 0 spiro atoms. The number of ether oxygens (including phenoxy) is 4. The summed E-state index contributed by atoms with van der Waals surface area (Å²) in [6.45, 7) is 15.9. The molecule has 0 aliphatic heterocycles. The van der Waals surface area contributed by atoms with Crippen LogP contribution in [0.25, 0.3) is 0 Å². The van der Waals surface area contributed by atoms with E-state index in [1.54, 1.807) is 6.92 Å². The molecule has 2 bridgehead atoms. The average molecular weight is 615 g/mol. The lowest BCUT2D eigenvalue weighted by Crippen LogP contribution is -2.64. The molecular weight excluding hydrogens is 564 g/mol. The van der Waals surface area contributed by atoms with Crippen LogP contribution < -0.4 is 0 Å². The van der Waals surface area contributed by atoms with Gasteiger partial charge in [0.25, 0.3) is 0 Å². The highest BCUT2D eigenvalue weighted by molar-refractivity contribution is 5.97. The first-order chi connectivity index (χ1) is 20.6. The van der Waals surface area contributed by atoms with E-state index in [0.717, 1.165) is 19.3 Å². The summed E-state index contributed by atoms with van der Waals surface area (Å²) < 4.78 is 24.2. The zero-order valence-electron chi connectivity index (χ0n) is 27.5. The molecule has 4 aliphatic carbocycles. The van der Waals surface area contributed by atoms with E-state index < -0.39 is 65.0 Å². The fourth-order valence-corrected chi connectivity index (χ4v) is 8.76. The molecule has 4 rings (SSSR count). The summed E-state index contributed by atoms with van der Waals surface area (Å²) in [6, 6.07) is 0. The van der Waals surface area contributed by atoms with Gasteiger partial charge in [-0.3, -0.25) is 24.0 Å². The van der Waals surface area contributed by atoms with Gasteiger partial charge >= 0.3 is 23.9 Å². The number of carbonyl (C=O) groups excluding carboxylic acids is 5. The van der Waals surface area contributed by atoms with Gasteiger partial charge in [-0.1, -0.05) is 59.5 Å². The molecule has 44 heavy (non-hydrogen) atoms. The molecule has 0 radical (unpaired) electrons. The van der Waals surface area contributed by atoms with Crippen molar-refractivity contribution in [3.05, 3.63) is 23.3 Å². The molecule has 9 nitrogen and oxygen atoms in total. The Morgan fingerprint density at radius 3 is 2.07 bits per heavy atom. The highest BCUT2D eigenvalue weighted by atomic mass is 16.6. The third-order valence-electron chi connectivity index (χ3n) is 10.9. The number of Topliss-reactive ketones (excluding diaryl/α,β-unsaturated/α-hetero) is 1. The third-order valence-corrected chi connectivity index (χ3v) is 10.9. The van der Waals surface area contributed by atoms with Crippen molar-refractivity contribution in [1.82, 2.24) is 0 Å². The van der Waals surface area contributed by atoms with Crippen LogP contribution in [0.3, 0.4) is 0 Å². The van der Waals surface area contributed by atoms with Crippen molar-refractivity contribution in [2.24, 2.45) is 28.6 Å². The summed E-state index contributed by atoms with van der Waals surface area (Å²) in [5, 5.41) is 0. The molecule has 244 valence electrons. The second-order valence-electron chi connectivity index (χ2n) is 14.2. The topological polar surface area (TPSA) is 122 Å². The molecule has 7 atom stereocenters. The van der Waals surface area contributed by atoms with E-state index in [1.807, 2.05) is 20.8 Å². The van der Waals surface area contributed by atoms with Crippen molar-refractivity contribution in [1.29, 1.82) is 0 Å². The highest BCUT2D eigenvalue weighted by Gasteiger charge is 2.64. The molecule has 3 fully saturated rings. The van der Waals surface area contributed by atoms with E-state index in [9.17, 15) is 24.0 Å². The zero-order valence-corrected chi connectivity index (χ0v) is 27.5. The minimum atomic E-state index is -1.05. The summed E-state index contributed by atoms with van der Waals surface area (Å²) >= 11 is 0. The summed E-state index contributed by atoms with van der Waals surface area (Å²) in [6.07, 6.45) is 4.40. The van der Waals surface area contributed by atoms with Crippen molar-refractivity contribution in [2.75, 3.05) is 0 Å². The van der Waals surface area contributed by atoms with Crippen LogP contribution in [0.1, 0.15) is 113 Å². The van der Waals surface area contributed by atoms with Crippen LogP contribution in [0.2, 0.25) is 0 Å². The average Bonchev–Trinajstić information content (AvgIpc) is 2.93. The van der Waals surface area contributed by atoms with Gasteiger partial charge < -0.3 is 18.9 Å². The first-order valence-corrected chi connectivity index (χ1v) is 16.2. The van der Waals surface area contributed by atoms with E-state index in [4.69, 9.17) is 18.9 Å². The summed E-state index contributed by atoms with van der Waals surface area (Å²) in [5.74, 6) is -2.75. The number of allylic oxidation sites excluding steroid dienone is 1. The van der Waals surface area contributed by atoms with Crippen LogP contribution in [-0.4, -0.2) is 54.1 Å². The van der Waals surface area contributed by atoms with E-state index in [2.05, 4.69) is 6.58 Å². The van der Waals surface area contributed by atoms with Gasteiger partial charge in [-0.15, -0.1) is 0 Å². The number of rotatable bonds is 7. The molecule has 0 aromatic carbocycles. The number of ketones is 1. The molecule has 9 heteroatoms. The molecule has 0 aromatic rings. The van der Waals surface area contributed by atoms with Gasteiger partial charge in [-0.05, 0) is 54.2 Å². The second kappa shape index (κ2) is 13.2. The normalized spacial score (nSPS) is 33.8. The van der Waals surface area contributed by atoms with E-state index in [0.29, 0.717) is 41.9 Å². The predicted octanol–water partition coefficient (Wildman–Crippen LogP) is 5.97. The number of hydrogen-bond acceptors (Lipinski definition) is 9. The quantitative estimate of drug-likeness (QED) is 0.194. The van der Waals surface area contributed by atoms with Crippen molar-refractivity contribution in [3.63, 3.8) is 0 Å². The van der Waals surface area contributed by atoms with Crippen molar-refractivity contribution < 1.29 is 42.9 Å². The Morgan fingerprint density at radius 2 is 1.48 bits per heavy atom. The fraction of sp³-hybridized carbons (Fsp3) is 0.743. The molecule has 3 saturated carbocycles. The lowest BCUT2D eigenvalue weighted by molar-refractivity contribution is -0.202. The smallest absolute Gasteiger partial charge is 0.306 e. The van der Waals surface area contributed by atoms with Crippen LogP contribution >= 0.6 is 0 Å². The number of fused-ring (bicyclic) bond motifs is 3. The highest BCUT2D eigenvalue weighted by Crippen LogP contribution is 2.60. The number of carbonyl (C=O) groups is 5. The number of hydrogen-bond donors (Lipinski definition) is 0. The molecule has 0 N–H and O–H groups in total. The molecule has 0 saturated heterocycles. The van der Waals surface area contributed by atoms with Gasteiger partial charge in [0.15, 0.2) is 11.9 Å². The Bertz CT molecular complexity index is 1220. The van der Waals surface area contributed by atoms with Gasteiger partial charge in [-0.25, -0.2) is 0 Å². The third kappa shape index (κ3) is 6.66. The van der Waals surface area contributed by atoms with Gasteiger partial charge in [0.05, 0.1) is 0 Å². The molecule has 0 amide bonds. The minimum Gasteiger partial charge on any atom is -0.462 e. The van der Waals surface area contributed by atoms with Crippen LogP contribution in [0.15, 0.2) is 23.3 Å². The van der Waals surface area contributed by atoms with Gasteiger partial charge in [0.2, 0.25) is 0 Å². The lowest BCUT2D eigenvalue weighted by atomic mass is 9.49. The van der Waals surface area contributed by atoms with E-state index in [-0.39, 0.29) is 18.2 Å². The van der Waals surface area contributed by atoms with Crippen molar-refractivity contribution >= 4 is 29.7 Å². The maximum absolute atomic E-state index is 13.5. The Balaban J connectivity index is 1.80. The second-order valence-corrected chi connectivity index (χ2v) is 14.2. The Kier molecular flexibility index (Phi) is 10.2. The Labute approximate surface area is 261 Å². The zero-order chi connectivity index (χ0) is 32.6. The largest absolute Gasteiger partial charge is 0.462 e. The molecule has 0 aromatic heterocycles. The first kappa shape index (κ1) is 33.9. The molecule has 0 unspecified atom stereocenters. The van der Waals surface area contributed by atoms with Crippen LogP contribution in [0, 0.1) is 28.6 Å². The molecule has 4 aliphatic rings. The summed E-state index contributed by atoms with van der Waals surface area (Å²) in [4.78, 5) is 64.6. The lowest BCUT2D eigenvalue weighted by Gasteiger charge is -2.59. The monoisotopic (exact) mass is 614 g/mol. The van der Waals surface area contributed by atoms with Gasteiger partial charge in [0.1, 0.15) is 18.3 Å². The van der Waals surface area contributed by atoms with Crippen LogP contribution in [0.4, 0.5) is 0 Å². The standard InChI is InChI=1S/C35H50O9/c1-19-26(39)18-25-31(41-21(3)36)30-20(2)27(44-28(40)15-14-24-12-10-9-11-13-24)16-17-35(30,8)33(43-23(5)38)32(42-22(4)37)29(19)34(25,6)7/h24-25,27,30-33H,2,9-18H2,1,3-8H3/t25-,27-,30-,31+,32+,33-,35+/m0/s1. The Hall–Kier alpha value is -2.97. The molecular formula is C35H50O9. The number of esters is 4. The Morgan fingerprint density at radius 1 is 0.864 bits per heavy atom. The fourth-order valence-electron chi connectivity index (χ4n) is 8.76. The van der Waals surface area contributed by atoms with Gasteiger partial charge in [0, 0.05) is 50.9 Å². The van der Waals surface area contributed by atoms with E-state index >= 15 is 0 Å². The van der Waals surface area contributed by atoms with Crippen LogP contribution in [0.5, 0.6) is 0 Å². The molecule has 0 heterocycles.